The van der Waals surface area contributed by atoms with Crippen LogP contribution in [-0.4, -0.2) is 26.2 Å². The van der Waals surface area contributed by atoms with Gasteiger partial charge in [-0.2, -0.15) is 0 Å². The van der Waals surface area contributed by atoms with Crippen molar-refractivity contribution in [1.29, 1.82) is 0 Å². The molecule has 1 aromatic rings. The van der Waals surface area contributed by atoms with Gasteiger partial charge in [0.05, 0.1) is 11.0 Å². The van der Waals surface area contributed by atoms with Gasteiger partial charge in [-0.1, -0.05) is 6.92 Å². The van der Waals surface area contributed by atoms with Gasteiger partial charge in [0.25, 0.3) is 0 Å². The van der Waals surface area contributed by atoms with Crippen molar-refractivity contribution in [1.82, 2.24) is 4.72 Å². The van der Waals surface area contributed by atoms with Crippen molar-refractivity contribution < 1.29 is 13.5 Å². The maximum Gasteiger partial charge on any atom is 0.241 e. The third kappa shape index (κ3) is 3.28. The highest BCUT2D eigenvalue weighted by atomic mass is 32.2. The van der Waals surface area contributed by atoms with Gasteiger partial charge in [-0.05, 0) is 26.3 Å². The summed E-state index contributed by atoms with van der Waals surface area (Å²) in [6.45, 7) is 5.52. The maximum absolute atomic E-state index is 11.9. The summed E-state index contributed by atoms with van der Waals surface area (Å²) < 4.78 is 26.2. The zero-order chi connectivity index (χ0) is 12.3. The van der Waals surface area contributed by atoms with Gasteiger partial charge < -0.3 is 5.11 Å². The number of sulfonamides is 1. The molecule has 0 aliphatic carbocycles. The van der Waals surface area contributed by atoms with E-state index in [1.807, 2.05) is 6.92 Å². The van der Waals surface area contributed by atoms with Crippen LogP contribution < -0.4 is 4.72 Å². The molecule has 0 saturated heterocycles. The summed E-state index contributed by atoms with van der Waals surface area (Å²) in [6.07, 6.45) is -0.0979. The van der Waals surface area contributed by atoms with Crippen LogP contribution in [0.4, 0.5) is 0 Å². The van der Waals surface area contributed by atoms with Gasteiger partial charge in [-0.25, -0.2) is 13.1 Å². The normalized spacial score (nSPS) is 14.0. The molecule has 6 heteroatoms. The number of rotatable bonds is 5. The second-order valence-corrected chi connectivity index (χ2v) is 6.89. The van der Waals surface area contributed by atoms with Crippen molar-refractivity contribution in [3.05, 3.63) is 15.8 Å². The van der Waals surface area contributed by atoms with E-state index in [9.17, 15) is 13.5 Å². The van der Waals surface area contributed by atoms with Gasteiger partial charge in [0.1, 0.15) is 0 Å². The first-order valence-electron chi connectivity index (χ1n) is 5.11. The van der Waals surface area contributed by atoms with Crippen molar-refractivity contribution in [2.75, 3.05) is 6.54 Å². The van der Waals surface area contributed by atoms with Crippen molar-refractivity contribution in [2.24, 2.45) is 0 Å². The summed E-state index contributed by atoms with van der Waals surface area (Å²) in [7, 11) is -3.47. The van der Waals surface area contributed by atoms with Crippen LogP contribution in [0.15, 0.2) is 11.0 Å². The van der Waals surface area contributed by atoms with E-state index in [-0.39, 0.29) is 6.54 Å². The molecule has 1 unspecified atom stereocenters. The molecule has 0 fully saturated rings. The fourth-order valence-electron chi connectivity index (χ4n) is 1.30. The van der Waals surface area contributed by atoms with Crippen LogP contribution in [-0.2, 0) is 10.0 Å². The Labute approximate surface area is 100 Å². The fourth-order valence-corrected chi connectivity index (χ4v) is 3.93. The highest BCUT2D eigenvalue weighted by Crippen LogP contribution is 2.24. The Morgan fingerprint density at radius 1 is 1.50 bits per heavy atom. The van der Waals surface area contributed by atoms with Crippen molar-refractivity contribution in [2.45, 2.75) is 38.2 Å². The lowest BCUT2D eigenvalue weighted by Gasteiger charge is -2.09. The van der Waals surface area contributed by atoms with Crippen LogP contribution in [0.3, 0.4) is 0 Å². The number of aliphatic hydroxyl groups is 1. The second-order valence-electron chi connectivity index (χ2n) is 3.69. The minimum Gasteiger partial charge on any atom is -0.392 e. The Morgan fingerprint density at radius 3 is 2.56 bits per heavy atom. The van der Waals surface area contributed by atoms with Gasteiger partial charge in [-0.15, -0.1) is 11.3 Å². The lowest BCUT2D eigenvalue weighted by molar-refractivity contribution is 0.174. The molecule has 1 heterocycles. The first kappa shape index (κ1) is 13.6. The minimum absolute atomic E-state index is 0.0627. The molecule has 0 aliphatic rings. The molecule has 0 radical (unpaired) electrons. The predicted octanol–water partition coefficient (Wildman–Crippen LogP) is 1.41. The Balaban J connectivity index is 2.82. The number of thiophene rings is 1. The van der Waals surface area contributed by atoms with E-state index in [1.54, 1.807) is 19.9 Å². The number of aliphatic hydroxyl groups excluding tert-OH is 1. The standard InChI is InChI=1S/C10H17NO3S2/c1-4-9(12)6-11-16(13,14)10-5-7(2)15-8(10)3/h5,9,11-12H,4,6H2,1-3H3. The van der Waals surface area contributed by atoms with E-state index >= 15 is 0 Å². The van der Waals surface area contributed by atoms with Gasteiger partial charge in [0, 0.05) is 16.3 Å². The Bertz CT molecular complexity index is 451. The first-order valence-corrected chi connectivity index (χ1v) is 7.41. The third-order valence-electron chi connectivity index (χ3n) is 2.27. The molecule has 0 aromatic carbocycles. The zero-order valence-corrected chi connectivity index (χ0v) is 11.3. The van der Waals surface area contributed by atoms with Crippen LogP contribution in [0.1, 0.15) is 23.1 Å². The lowest BCUT2D eigenvalue weighted by Crippen LogP contribution is -2.31. The summed E-state index contributed by atoms with van der Waals surface area (Å²) in [4.78, 5) is 2.06. The van der Waals surface area contributed by atoms with Gasteiger partial charge >= 0.3 is 0 Å². The molecule has 0 saturated carbocycles. The Kier molecular flexibility index (Phi) is 4.49. The Hall–Kier alpha value is -0.430. The van der Waals surface area contributed by atoms with Crippen LogP contribution >= 0.6 is 11.3 Å². The van der Waals surface area contributed by atoms with E-state index in [2.05, 4.69) is 4.72 Å². The summed E-state index contributed by atoms with van der Waals surface area (Å²) in [5, 5.41) is 9.32. The first-order chi connectivity index (χ1) is 7.36. The molecule has 0 bridgehead atoms. The molecule has 16 heavy (non-hydrogen) atoms. The van der Waals surface area contributed by atoms with Crippen molar-refractivity contribution in [3.8, 4) is 0 Å². The largest absolute Gasteiger partial charge is 0.392 e. The maximum atomic E-state index is 11.9. The molecule has 1 atom stereocenters. The second kappa shape index (κ2) is 5.27. The topological polar surface area (TPSA) is 66.4 Å². The van der Waals surface area contributed by atoms with Crippen molar-refractivity contribution in [3.63, 3.8) is 0 Å². The predicted molar refractivity (Wildman–Crippen MR) is 65.3 cm³/mol. The smallest absolute Gasteiger partial charge is 0.241 e. The highest BCUT2D eigenvalue weighted by Gasteiger charge is 2.19. The molecule has 0 aliphatic heterocycles. The summed E-state index contributed by atoms with van der Waals surface area (Å²) in [5.41, 5.74) is 0. The average molecular weight is 263 g/mol. The van der Waals surface area contributed by atoms with Crippen LogP contribution in [0.25, 0.3) is 0 Å². The number of aryl methyl sites for hydroxylation is 2. The molecule has 0 amide bonds. The van der Waals surface area contributed by atoms with Crippen molar-refractivity contribution >= 4 is 21.4 Å². The van der Waals surface area contributed by atoms with Crippen LogP contribution in [0.5, 0.6) is 0 Å². The Morgan fingerprint density at radius 2 is 2.12 bits per heavy atom. The molecular weight excluding hydrogens is 246 g/mol. The van der Waals surface area contributed by atoms with Gasteiger partial charge in [-0.3, -0.25) is 0 Å². The van der Waals surface area contributed by atoms with E-state index in [0.717, 1.165) is 9.75 Å². The third-order valence-corrected chi connectivity index (χ3v) is 4.91. The molecule has 2 N–H and O–H groups in total. The molecule has 0 spiro atoms. The van der Waals surface area contributed by atoms with E-state index in [4.69, 9.17) is 0 Å². The SMILES string of the molecule is CCC(O)CNS(=O)(=O)c1cc(C)sc1C. The van der Waals surface area contributed by atoms with Crippen LogP contribution in [0, 0.1) is 13.8 Å². The van der Waals surface area contributed by atoms with Gasteiger partial charge in [0.2, 0.25) is 10.0 Å². The quantitative estimate of drug-likeness (QED) is 0.844. The van der Waals surface area contributed by atoms with Gasteiger partial charge in [0.15, 0.2) is 0 Å². The molecule has 4 nitrogen and oxygen atoms in total. The summed E-state index contributed by atoms with van der Waals surface area (Å²) in [5.74, 6) is 0. The van der Waals surface area contributed by atoms with E-state index in [0.29, 0.717) is 11.3 Å². The molecule has 92 valence electrons. The molecule has 1 aromatic heterocycles. The lowest BCUT2D eigenvalue weighted by atomic mass is 10.3. The van der Waals surface area contributed by atoms with E-state index in [1.165, 1.54) is 11.3 Å². The average Bonchev–Trinajstić information content (AvgIpc) is 2.55. The monoisotopic (exact) mass is 263 g/mol. The fraction of sp³-hybridized carbons (Fsp3) is 0.600. The zero-order valence-electron chi connectivity index (χ0n) is 9.65. The van der Waals surface area contributed by atoms with Crippen LogP contribution in [0.2, 0.25) is 0 Å². The minimum atomic E-state index is -3.47. The number of hydrogen-bond donors (Lipinski definition) is 2. The summed E-state index contributed by atoms with van der Waals surface area (Å²) in [6, 6.07) is 1.65. The molecular formula is C10H17NO3S2. The van der Waals surface area contributed by atoms with E-state index < -0.39 is 16.1 Å². The number of nitrogens with one attached hydrogen (secondary N) is 1. The molecule has 1 rings (SSSR count). The summed E-state index contributed by atoms with van der Waals surface area (Å²) >= 11 is 1.45. The number of hydrogen-bond acceptors (Lipinski definition) is 4. The highest BCUT2D eigenvalue weighted by molar-refractivity contribution is 7.89.